The second kappa shape index (κ2) is 4.08. The minimum atomic E-state index is 0.379. The van der Waals surface area contributed by atoms with Gasteiger partial charge in [-0.1, -0.05) is 18.2 Å². The van der Waals surface area contributed by atoms with Crippen molar-refractivity contribution in [2.75, 3.05) is 0 Å². The lowest BCUT2D eigenvalue weighted by Gasteiger charge is -2.13. The van der Waals surface area contributed by atoms with E-state index >= 15 is 0 Å². The Hall–Kier alpha value is -1.64. The Bertz CT molecular complexity index is 477. The van der Waals surface area contributed by atoms with Gasteiger partial charge in [0.1, 0.15) is 6.33 Å². The molecule has 0 aliphatic heterocycles. The Labute approximate surface area is 96.1 Å². The van der Waals surface area contributed by atoms with E-state index < -0.39 is 0 Å². The van der Waals surface area contributed by atoms with Crippen molar-refractivity contribution >= 4 is 0 Å². The van der Waals surface area contributed by atoms with Crippen molar-refractivity contribution in [2.45, 2.75) is 33.7 Å². The molecule has 16 heavy (non-hydrogen) atoms. The van der Waals surface area contributed by atoms with Crippen molar-refractivity contribution < 1.29 is 0 Å². The van der Waals surface area contributed by atoms with E-state index in [2.05, 4.69) is 60.7 Å². The lowest BCUT2D eigenvalue weighted by atomic mass is 10.0. The molecule has 0 aliphatic carbocycles. The van der Waals surface area contributed by atoms with Gasteiger partial charge in [0.05, 0.1) is 0 Å². The van der Waals surface area contributed by atoms with Gasteiger partial charge in [-0.2, -0.15) is 0 Å². The largest absolute Gasteiger partial charge is 0.311 e. The summed E-state index contributed by atoms with van der Waals surface area (Å²) in [4.78, 5) is 0. The lowest BCUT2D eigenvalue weighted by Crippen LogP contribution is -2.03. The predicted molar refractivity (Wildman–Crippen MR) is 65.3 cm³/mol. The number of nitrogens with zero attached hydrogens (tertiary/aromatic N) is 3. The van der Waals surface area contributed by atoms with Crippen molar-refractivity contribution in [3.05, 3.63) is 35.7 Å². The third-order valence-corrected chi connectivity index (χ3v) is 2.83. The van der Waals surface area contributed by atoms with E-state index in [-0.39, 0.29) is 0 Å². The first-order valence-electron chi connectivity index (χ1n) is 5.57. The van der Waals surface area contributed by atoms with E-state index in [1.54, 1.807) is 6.33 Å². The molecule has 0 radical (unpaired) electrons. The standard InChI is InChI=1S/C13H17N3/c1-9(2)16-8-14-15-13(16)12-10(3)6-5-7-11(12)4/h5-9H,1-4H3. The maximum Gasteiger partial charge on any atom is 0.164 e. The van der Waals surface area contributed by atoms with Gasteiger partial charge in [-0.25, -0.2) is 0 Å². The fourth-order valence-corrected chi connectivity index (χ4v) is 1.97. The van der Waals surface area contributed by atoms with Crippen LogP contribution < -0.4 is 0 Å². The van der Waals surface area contributed by atoms with Gasteiger partial charge in [-0.05, 0) is 38.8 Å². The summed E-state index contributed by atoms with van der Waals surface area (Å²) in [6.45, 7) is 8.50. The molecule has 0 aliphatic rings. The van der Waals surface area contributed by atoms with E-state index in [9.17, 15) is 0 Å². The molecule has 1 aromatic carbocycles. The van der Waals surface area contributed by atoms with E-state index in [1.807, 2.05) is 0 Å². The molecule has 0 fully saturated rings. The van der Waals surface area contributed by atoms with Gasteiger partial charge in [0.25, 0.3) is 0 Å². The van der Waals surface area contributed by atoms with E-state index in [0.29, 0.717) is 6.04 Å². The maximum absolute atomic E-state index is 4.24. The van der Waals surface area contributed by atoms with Crippen LogP contribution in [0.2, 0.25) is 0 Å². The summed E-state index contributed by atoms with van der Waals surface area (Å²) < 4.78 is 2.11. The molecule has 0 amide bonds. The molecule has 0 bridgehead atoms. The smallest absolute Gasteiger partial charge is 0.164 e. The molecule has 84 valence electrons. The molecule has 0 saturated carbocycles. The number of hydrogen-bond donors (Lipinski definition) is 0. The fraction of sp³-hybridized carbons (Fsp3) is 0.385. The number of aromatic nitrogens is 3. The average Bonchev–Trinajstić information content (AvgIpc) is 2.66. The summed E-state index contributed by atoms with van der Waals surface area (Å²) >= 11 is 0. The van der Waals surface area contributed by atoms with Crippen LogP contribution in [0.3, 0.4) is 0 Å². The number of rotatable bonds is 2. The Morgan fingerprint density at radius 2 is 1.75 bits per heavy atom. The van der Waals surface area contributed by atoms with Crippen LogP contribution in [0.25, 0.3) is 11.4 Å². The van der Waals surface area contributed by atoms with Crippen molar-refractivity contribution in [1.82, 2.24) is 14.8 Å². The van der Waals surface area contributed by atoms with Crippen LogP contribution >= 0.6 is 0 Å². The molecular formula is C13H17N3. The molecule has 1 heterocycles. The van der Waals surface area contributed by atoms with Gasteiger partial charge in [0.2, 0.25) is 0 Å². The van der Waals surface area contributed by atoms with E-state index in [0.717, 1.165) is 5.82 Å². The highest BCUT2D eigenvalue weighted by molar-refractivity contribution is 5.64. The number of benzene rings is 1. The second-order valence-electron chi connectivity index (χ2n) is 4.42. The minimum absolute atomic E-state index is 0.379. The zero-order valence-corrected chi connectivity index (χ0v) is 10.2. The molecule has 2 aromatic rings. The molecular weight excluding hydrogens is 198 g/mol. The van der Waals surface area contributed by atoms with Crippen molar-refractivity contribution in [2.24, 2.45) is 0 Å². The fourth-order valence-electron chi connectivity index (χ4n) is 1.97. The summed E-state index contributed by atoms with van der Waals surface area (Å²) in [5.74, 6) is 0.964. The van der Waals surface area contributed by atoms with Crippen LogP contribution in [0.1, 0.15) is 31.0 Å². The van der Waals surface area contributed by atoms with Crippen molar-refractivity contribution in [3.63, 3.8) is 0 Å². The Kier molecular flexibility index (Phi) is 2.77. The maximum atomic E-state index is 4.24. The molecule has 3 heteroatoms. The van der Waals surface area contributed by atoms with E-state index in [4.69, 9.17) is 0 Å². The minimum Gasteiger partial charge on any atom is -0.311 e. The summed E-state index contributed by atoms with van der Waals surface area (Å²) in [7, 11) is 0. The monoisotopic (exact) mass is 215 g/mol. The van der Waals surface area contributed by atoms with Crippen molar-refractivity contribution in [3.8, 4) is 11.4 Å². The van der Waals surface area contributed by atoms with Gasteiger partial charge >= 0.3 is 0 Å². The first-order chi connectivity index (χ1) is 7.61. The third kappa shape index (κ3) is 1.73. The van der Waals surface area contributed by atoms with Gasteiger partial charge in [-0.15, -0.1) is 10.2 Å². The highest BCUT2D eigenvalue weighted by atomic mass is 15.3. The number of aryl methyl sites for hydroxylation is 2. The Morgan fingerprint density at radius 3 is 2.31 bits per heavy atom. The van der Waals surface area contributed by atoms with Crippen molar-refractivity contribution in [1.29, 1.82) is 0 Å². The van der Waals surface area contributed by atoms with Gasteiger partial charge in [0, 0.05) is 11.6 Å². The SMILES string of the molecule is Cc1cccc(C)c1-c1nncn1C(C)C. The Morgan fingerprint density at radius 1 is 1.12 bits per heavy atom. The quantitative estimate of drug-likeness (QED) is 0.770. The number of hydrogen-bond acceptors (Lipinski definition) is 2. The molecule has 2 rings (SSSR count). The van der Waals surface area contributed by atoms with Crippen LogP contribution in [-0.2, 0) is 0 Å². The lowest BCUT2D eigenvalue weighted by molar-refractivity contribution is 0.603. The molecule has 0 atom stereocenters. The van der Waals surface area contributed by atoms with Gasteiger partial charge in [-0.3, -0.25) is 0 Å². The first-order valence-corrected chi connectivity index (χ1v) is 5.57. The topological polar surface area (TPSA) is 30.7 Å². The highest BCUT2D eigenvalue weighted by Crippen LogP contribution is 2.26. The summed E-state index contributed by atoms with van der Waals surface area (Å²) in [5.41, 5.74) is 3.69. The summed E-state index contributed by atoms with van der Waals surface area (Å²) in [6.07, 6.45) is 1.80. The first kappa shape index (κ1) is 10.9. The van der Waals surface area contributed by atoms with Crippen LogP contribution in [-0.4, -0.2) is 14.8 Å². The zero-order chi connectivity index (χ0) is 11.7. The molecule has 0 unspecified atom stereocenters. The predicted octanol–water partition coefficient (Wildman–Crippen LogP) is 3.14. The Balaban J connectivity index is 2.63. The van der Waals surface area contributed by atoms with Crippen LogP contribution in [0, 0.1) is 13.8 Å². The van der Waals surface area contributed by atoms with Gasteiger partial charge < -0.3 is 4.57 Å². The van der Waals surface area contributed by atoms with Crippen LogP contribution in [0.4, 0.5) is 0 Å². The third-order valence-electron chi connectivity index (χ3n) is 2.83. The highest BCUT2D eigenvalue weighted by Gasteiger charge is 2.13. The van der Waals surface area contributed by atoms with Crippen LogP contribution in [0.5, 0.6) is 0 Å². The summed E-state index contributed by atoms with van der Waals surface area (Å²) in [5, 5.41) is 8.26. The zero-order valence-electron chi connectivity index (χ0n) is 10.2. The second-order valence-corrected chi connectivity index (χ2v) is 4.42. The molecule has 0 spiro atoms. The average molecular weight is 215 g/mol. The molecule has 0 N–H and O–H groups in total. The molecule has 1 aromatic heterocycles. The molecule has 3 nitrogen and oxygen atoms in total. The molecule has 0 saturated heterocycles. The van der Waals surface area contributed by atoms with E-state index in [1.165, 1.54) is 16.7 Å². The normalized spacial score (nSPS) is 11.1. The van der Waals surface area contributed by atoms with Gasteiger partial charge in [0.15, 0.2) is 5.82 Å². The summed E-state index contributed by atoms with van der Waals surface area (Å²) in [6, 6.07) is 6.68. The van der Waals surface area contributed by atoms with Crippen LogP contribution in [0.15, 0.2) is 24.5 Å².